The van der Waals surface area contributed by atoms with Crippen LogP contribution in [0.25, 0.3) is 0 Å². The quantitative estimate of drug-likeness (QED) is 0.819. The third-order valence-electron chi connectivity index (χ3n) is 3.30. The van der Waals surface area contributed by atoms with Gasteiger partial charge in [-0.3, -0.25) is 4.79 Å². The second kappa shape index (κ2) is 5.82. The second-order valence-corrected chi connectivity index (χ2v) is 4.77. The van der Waals surface area contributed by atoms with E-state index in [0.717, 1.165) is 30.3 Å². The van der Waals surface area contributed by atoms with Crippen molar-refractivity contribution in [1.29, 1.82) is 0 Å². The monoisotopic (exact) mass is 232 g/mol. The predicted molar refractivity (Wildman–Crippen MR) is 69.8 cm³/mol. The minimum absolute atomic E-state index is 0.0172. The SMILES string of the molecule is CC(=O)Nc1ccccc1CNCC1CCC1. The van der Waals surface area contributed by atoms with Crippen LogP contribution in [-0.2, 0) is 11.3 Å². The highest BCUT2D eigenvalue weighted by Crippen LogP contribution is 2.25. The largest absolute Gasteiger partial charge is 0.326 e. The van der Waals surface area contributed by atoms with Crippen molar-refractivity contribution in [2.24, 2.45) is 5.92 Å². The number of hydrogen-bond acceptors (Lipinski definition) is 2. The van der Waals surface area contributed by atoms with Gasteiger partial charge in [0.15, 0.2) is 0 Å². The molecule has 0 atom stereocenters. The summed E-state index contributed by atoms with van der Waals surface area (Å²) in [7, 11) is 0. The van der Waals surface area contributed by atoms with Crippen LogP contribution in [0.15, 0.2) is 24.3 Å². The molecule has 1 aromatic carbocycles. The maximum absolute atomic E-state index is 11.1. The first kappa shape index (κ1) is 12.1. The molecule has 0 unspecified atom stereocenters. The molecule has 3 nitrogen and oxygen atoms in total. The van der Waals surface area contributed by atoms with Crippen LogP contribution in [0, 0.1) is 5.92 Å². The van der Waals surface area contributed by atoms with E-state index < -0.39 is 0 Å². The third kappa shape index (κ3) is 3.56. The predicted octanol–water partition coefficient (Wildman–Crippen LogP) is 2.53. The molecule has 0 saturated heterocycles. The lowest BCUT2D eigenvalue weighted by molar-refractivity contribution is -0.114. The van der Waals surface area contributed by atoms with Gasteiger partial charge in [-0.05, 0) is 36.9 Å². The third-order valence-corrected chi connectivity index (χ3v) is 3.30. The van der Waals surface area contributed by atoms with E-state index in [1.54, 1.807) is 6.92 Å². The summed E-state index contributed by atoms with van der Waals surface area (Å²) in [5, 5.41) is 6.33. The maximum Gasteiger partial charge on any atom is 0.221 e. The zero-order valence-corrected chi connectivity index (χ0v) is 10.3. The Kier molecular flexibility index (Phi) is 4.15. The smallest absolute Gasteiger partial charge is 0.221 e. The van der Waals surface area contributed by atoms with Gasteiger partial charge in [-0.15, -0.1) is 0 Å². The highest BCUT2D eigenvalue weighted by molar-refractivity contribution is 5.89. The van der Waals surface area contributed by atoms with Gasteiger partial charge in [-0.25, -0.2) is 0 Å². The van der Waals surface area contributed by atoms with Crippen LogP contribution in [0.1, 0.15) is 31.7 Å². The average Bonchev–Trinajstić information content (AvgIpc) is 2.23. The standard InChI is InChI=1S/C14H20N2O/c1-11(17)16-14-8-3-2-7-13(14)10-15-9-12-5-4-6-12/h2-3,7-8,12,15H,4-6,9-10H2,1H3,(H,16,17). The normalized spacial score (nSPS) is 15.4. The highest BCUT2D eigenvalue weighted by Gasteiger charge is 2.16. The van der Waals surface area contributed by atoms with Crippen molar-refractivity contribution < 1.29 is 4.79 Å². The van der Waals surface area contributed by atoms with Gasteiger partial charge in [-0.2, -0.15) is 0 Å². The van der Waals surface area contributed by atoms with Gasteiger partial charge in [0.25, 0.3) is 0 Å². The van der Waals surface area contributed by atoms with Crippen molar-refractivity contribution in [3.63, 3.8) is 0 Å². The van der Waals surface area contributed by atoms with Crippen LogP contribution in [0.2, 0.25) is 0 Å². The van der Waals surface area contributed by atoms with E-state index in [9.17, 15) is 4.79 Å². The van der Waals surface area contributed by atoms with Gasteiger partial charge < -0.3 is 10.6 Å². The molecule has 1 aromatic rings. The molecule has 17 heavy (non-hydrogen) atoms. The molecule has 1 saturated carbocycles. The summed E-state index contributed by atoms with van der Waals surface area (Å²) in [6, 6.07) is 7.95. The summed E-state index contributed by atoms with van der Waals surface area (Å²) in [5.74, 6) is 0.847. The first-order valence-electron chi connectivity index (χ1n) is 6.32. The number of carbonyl (C=O) groups excluding carboxylic acids is 1. The lowest BCUT2D eigenvalue weighted by atomic mass is 9.85. The van der Waals surface area contributed by atoms with Crippen LogP contribution in [0.4, 0.5) is 5.69 Å². The minimum Gasteiger partial charge on any atom is -0.326 e. The van der Waals surface area contributed by atoms with Gasteiger partial charge in [-0.1, -0.05) is 24.6 Å². The molecule has 0 aromatic heterocycles. The van der Waals surface area contributed by atoms with Crippen molar-refractivity contribution >= 4 is 11.6 Å². The molecule has 1 fully saturated rings. The molecule has 3 heteroatoms. The zero-order valence-electron chi connectivity index (χ0n) is 10.3. The number of benzene rings is 1. The molecule has 0 aliphatic heterocycles. The van der Waals surface area contributed by atoms with Crippen LogP contribution in [0.3, 0.4) is 0 Å². The Morgan fingerprint density at radius 2 is 2.12 bits per heavy atom. The van der Waals surface area contributed by atoms with E-state index in [1.165, 1.54) is 19.3 Å². The topological polar surface area (TPSA) is 41.1 Å². The first-order valence-corrected chi connectivity index (χ1v) is 6.32. The fourth-order valence-electron chi connectivity index (χ4n) is 2.09. The Bertz CT molecular complexity index is 386. The van der Waals surface area contributed by atoms with Crippen molar-refractivity contribution in [3.8, 4) is 0 Å². The molecule has 0 heterocycles. The number of carbonyl (C=O) groups is 1. The van der Waals surface area contributed by atoms with Crippen molar-refractivity contribution in [1.82, 2.24) is 5.32 Å². The van der Waals surface area contributed by atoms with Crippen molar-refractivity contribution in [2.75, 3.05) is 11.9 Å². The summed E-state index contributed by atoms with van der Waals surface area (Å²) in [6.45, 7) is 3.46. The molecule has 0 spiro atoms. The number of amides is 1. The van der Waals surface area contributed by atoms with E-state index >= 15 is 0 Å². The summed E-state index contributed by atoms with van der Waals surface area (Å²) >= 11 is 0. The van der Waals surface area contributed by atoms with Crippen LogP contribution < -0.4 is 10.6 Å². The number of nitrogens with one attached hydrogen (secondary N) is 2. The summed E-state index contributed by atoms with van der Waals surface area (Å²) in [5.41, 5.74) is 2.07. The lowest BCUT2D eigenvalue weighted by Crippen LogP contribution is -2.27. The molecule has 0 bridgehead atoms. The second-order valence-electron chi connectivity index (χ2n) is 4.77. The Morgan fingerprint density at radius 3 is 2.76 bits per heavy atom. The van der Waals surface area contributed by atoms with E-state index in [2.05, 4.69) is 16.7 Å². The molecule has 2 N–H and O–H groups in total. The van der Waals surface area contributed by atoms with Gasteiger partial charge in [0.1, 0.15) is 0 Å². The molecule has 1 aliphatic rings. The fraction of sp³-hybridized carbons (Fsp3) is 0.500. The lowest BCUT2D eigenvalue weighted by Gasteiger charge is -2.25. The molecule has 1 amide bonds. The van der Waals surface area contributed by atoms with E-state index in [-0.39, 0.29) is 5.91 Å². The fourth-order valence-corrected chi connectivity index (χ4v) is 2.09. The number of para-hydroxylation sites is 1. The Morgan fingerprint density at radius 1 is 1.35 bits per heavy atom. The molecule has 1 aliphatic carbocycles. The number of anilines is 1. The zero-order chi connectivity index (χ0) is 12.1. The van der Waals surface area contributed by atoms with E-state index in [0.29, 0.717) is 0 Å². The molecule has 2 rings (SSSR count). The molecular weight excluding hydrogens is 212 g/mol. The average molecular weight is 232 g/mol. The van der Waals surface area contributed by atoms with Crippen LogP contribution >= 0.6 is 0 Å². The summed E-state index contributed by atoms with van der Waals surface area (Å²) in [4.78, 5) is 11.1. The van der Waals surface area contributed by atoms with Gasteiger partial charge in [0.2, 0.25) is 5.91 Å². The first-order chi connectivity index (χ1) is 8.25. The van der Waals surface area contributed by atoms with Crippen LogP contribution in [0.5, 0.6) is 0 Å². The molecule has 0 radical (unpaired) electrons. The Hall–Kier alpha value is -1.35. The Labute approximate surface area is 103 Å². The van der Waals surface area contributed by atoms with Crippen molar-refractivity contribution in [2.45, 2.75) is 32.7 Å². The van der Waals surface area contributed by atoms with Gasteiger partial charge >= 0.3 is 0 Å². The van der Waals surface area contributed by atoms with Gasteiger partial charge in [0.05, 0.1) is 0 Å². The number of rotatable bonds is 5. The summed E-state index contributed by atoms with van der Waals surface area (Å²) < 4.78 is 0. The minimum atomic E-state index is -0.0172. The molecule has 92 valence electrons. The Balaban J connectivity index is 1.87. The van der Waals surface area contributed by atoms with Gasteiger partial charge in [0, 0.05) is 19.2 Å². The number of hydrogen-bond donors (Lipinski definition) is 2. The van der Waals surface area contributed by atoms with Crippen LogP contribution in [-0.4, -0.2) is 12.5 Å². The van der Waals surface area contributed by atoms with E-state index in [4.69, 9.17) is 0 Å². The van der Waals surface area contributed by atoms with E-state index in [1.807, 2.05) is 18.2 Å². The summed E-state index contributed by atoms with van der Waals surface area (Å²) in [6.07, 6.45) is 4.11. The highest BCUT2D eigenvalue weighted by atomic mass is 16.1. The van der Waals surface area contributed by atoms with Crippen molar-refractivity contribution in [3.05, 3.63) is 29.8 Å². The molecular formula is C14H20N2O. The maximum atomic E-state index is 11.1.